The summed E-state index contributed by atoms with van der Waals surface area (Å²) >= 11 is 1.34. The van der Waals surface area contributed by atoms with Crippen molar-refractivity contribution < 1.29 is 19.7 Å². The molecule has 0 atom stereocenters. The molecule has 10 heteroatoms. The Morgan fingerprint density at radius 3 is 2.70 bits per heavy atom. The lowest BCUT2D eigenvalue weighted by Gasteiger charge is -2.27. The average molecular weight is 472 g/mol. The normalized spacial score (nSPS) is 15.0. The number of aliphatic hydroxyl groups is 1. The molecule has 1 saturated heterocycles. The van der Waals surface area contributed by atoms with Crippen LogP contribution in [0.2, 0.25) is 0 Å². The molecule has 3 aromatic rings. The molecule has 0 aliphatic carbocycles. The Labute approximate surface area is 196 Å². The summed E-state index contributed by atoms with van der Waals surface area (Å²) in [5, 5.41) is 27.5. The third-order valence-electron chi connectivity index (χ3n) is 5.49. The number of anilines is 1. The number of carbonyl (C=O) groups is 1. The summed E-state index contributed by atoms with van der Waals surface area (Å²) in [4.78, 5) is 23.2. The topological polar surface area (TPSA) is 120 Å². The molecule has 0 saturated carbocycles. The highest BCUT2D eigenvalue weighted by atomic mass is 32.1. The van der Waals surface area contributed by atoms with Gasteiger partial charge in [-0.1, -0.05) is 17.4 Å². The zero-order valence-corrected chi connectivity index (χ0v) is 19.8. The van der Waals surface area contributed by atoms with Gasteiger partial charge in [-0.05, 0) is 32.9 Å². The molecule has 1 aliphatic heterocycles. The molecule has 0 unspecified atom stereocenters. The van der Waals surface area contributed by atoms with Crippen LogP contribution in [0.3, 0.4) is 0 Å². The van der Waals surface area contributed by atoms with Crippen LogP contribution in [0.25, 0.3) is 21.3 Å². The molecule has 0 radical (unpaired) electrons. The summed E-state index contributed by atoms with van der Waals surface area (Å²) in [6.45, 7) is 9.10. The molecule has 1 aromatic carbocycles. The van der Waals surface area contributed by atoms with E-state index in [2.05, 4.69) is 25.5 Å². The summed E-state index contributed by atoms with van der Waals surface area (Å²) < 4.78 is 6.29. The van der Waals surface area contributed by atoms with Gasteiger partial charge in [0, 0.05) is 49.1 Å². The molecule has 176 valence electrons. The van der Waals surface area contributed by atoms with Crippen molar-refractivity contribution in [3.05, 3.63) is 35.7 Å². The van der Waals surface area contributed by atoms with Crippen molar-refractivity contribution in [2.75, 3.05) is 38.2 Å². The Morgan fingerprint density at radius 1 is 1.30 bits per heavy atom. The molecule has 0 spiro atoms. The van der Waals surface area contributed by atoms with Crippen LogP contribution in [0.5, 0.6) is 5.75 Å². The standard InChI is InChI=1S/C23H29N5O4S/c1-4-24-21(30)27-22-26-17-11-15(14-5-6-18(25-12-14)23(2,3)31)19(29)16(20(17)33-22)13-28-7-9-32-10-8-28/h5-6,11-12,29,31H,4,7-10,13H2,1-3H3,(H2,24,26,27,30). The molecule has 1 aliphatic rings. The van der Waals surface area contributed by atoms with Gasteiger partial charge < -0.3 is 20.3 Å². The van der Waals surface area contributed by atoms with Crippen LogP contribution < -0.4 is 10.6 Å². The minimum atomic E-state index is -1.05. The SMILES string of the molecule is CCNC(=O)Nc1nc2cc(-c3ccc(C(C)(C)O)nc3)c(O)c(CN3CCOCC3)c2s1. The highest BCUT2D eigenvalue weighted by Gasteiger charge is 2.23. The van der Waals surface area contributed by atoms with E-state index in [4.69, 9.17) is 4.74 Å². The fourth-order valence-electron chi connectivity index (χ4n) is 3.74. The van der Waals surface area contributed by atoms with Gasteiger partial charge in [0.25, 0.3) is 0 Å². The van der Waals surface area contributed by atoms with Gasteiger partial charge in [-0.3, -0.25) is 15.2 Å². The summed E-state index contributed by atoms with van der Waals surface area (Å²) in [6, 6.07) is 5.08. The van der Waals surface area contributed by atoms with Crippen molar-refractivity contribution in [1.82, 2.24) is 20.2 Å². The summed E-state index contributed by atoms with van der Waals surface area (Å²) in [7, 11) is 0. The van der Waals surface area contributed by atoms with Gasteiger partial charge in [0.15, 0.2) is 5.13 Å². The average Bonchev–Trinajstić information content (AvgIpc) is 3.18. The van der Waals surface area contributed by atoms with E-state index in [1.165, 1.54) is 11.3 Å². The van der Waals surface area contributed by atoms with E-state index in [0.717, 1.165) is 28.9 Å². The molecule has 0 bridgehead atoms. The number of benzene rings is 1. The lowest BCUT2D eigenvalue weighted by molar-refractivity contribution is 0.0341. The van der Waals surface area contributed by atoms with Crippen LogP contribution in [0.4, 0.5) is 9.93 Å². The van der Waals surface area contributed by atoms with E-state index < -0.39 is 5.60 Å². The second kappa shape index (κ2) is 9.60. The number of phenolic OH excluding ortho intramolecular Hbond substituents is 1. The number of urea groups is 1. The highest BCUT2D eigenvalue weighted by molar-refractivity contribution is 7.22. The third-order valence-corrected chi connectivity index (χ3v) is 6.54. The zero-order valence-electron chi connectivity index (χ0n) is 19.0. The summed E-state index contributed by atoms with van der Waals surface area (Å²) in [5.41, 5.74) is 2.27. The van der Waals surface area contributed by atoms with Gasteiger partial charge in [-0.15, -0.1) is 0 Å². The van der Waals surface area contributed by atoms with E-state index in [-0.39, 0.29) is 11.8 Å². The molecule has 3 heterocycles. The maximum Gasteiger partial charge on any atom is 0.321 e. The monoisotopic (exact) mass is 471 g/mol. The van der Waals surface area contributed by atoms with Gasteiger partial charge in [0.1, 0.15) is 11.4 Å². The van der Waals surface area contributed by atoms with Crippen molar-refractivity contribution in [1.29, 1.82) is 0 Å². The predicted octanol–water partition coefficient (Wildman–Crippen LogP) is 3.26. The number of fused-ring (bicyclic) bond motifs is 1. The van der Waals surface area contributed by atoms with Gasteiger partial charge in [-0.25, -0.2) is 9.78 Å². The first-order chi connectivity index (χ1) is 15.8. The van der Waals surface area contributed by atoms with Crippen LogP contribution in [-0.2, 0) is 16.9 Å². The van der Waals surface area contributed by atoms with Crippen LogP contribution in [0.1, 0.15) is 32.0 Å². The van der Waals surface area contributed by atoms with Gasteiger partial charge in [-0.2, -0.15) is 0 Å². The number of hydrogen-bond donors (Lipinski definition) is 4. The summed E-state index contributed by atoms with van der Waals surface area (Å²) in [5.74, 6) is 0.167. The van der Waals surface area contributed by atoms with E-state index >= 15 is 0 Å². The number of rotatable bonds is 6. The van der Waals surface area contributed by atoms with E-state index in [9.17, 15) is 15.0 Å². The molecule has 4 rings (SSSR count). The number of hydrogen-bond acceptors (Lipinski definition) is 8. The number of morpholine rings is 1. The lowest BCUT2D eigenvalue weighted by atomic mass is 9.99. The molecule has 33 heavy (non-hydrogen) atoms. The van der Waals surface area contributed by atoms with Crippen molar-refractivity contribution in [2.24, 2.45) is 0 Å². The fraction of sp³-hybridized carbons (Fsp3) is 0.435. The number of phenols is 1. The zero-order chi connectivity index (χ0) is 23.6. The maximum absolute atomic E-state index is 12.0. The Kier molecular flexibility index (Phi) is 6.80. The number of thiazole rings is 1. The number of pyridine rings is 1. The van der Waals surface area contributed by atoms with Crippen LogP contribution in [0.15, 0.2) is 24.4 Å². The fourth-order valence-corrected chi connectivity index (χ4v) is 4.72. The van der Waals surface area contributed by atoms with Gasteiger partial charge in [0.05, 0.1) is 29.1 Å². The number of amides is 2. The Bertz CT molecular complexity index is 1130. The Balaban J connectivity index is 1.77. The minimum absolute atomic E-state index is 0.167. The smallest absolute Gasteiger partial charge is 0.321 e. The number of nitrogens with one attached hydrogen (secondary N) is 2. The molecule has 4 N–H and O–H groups in total. The first kappa shape index (κ1) is 23.4. The largest absolute Gasteiger partial charge is 0.507 e. The summed E-state index contributed by atoms with van der Waals surface area (Å²) in [6.07, 6.45) is 1.65. The van der Waals surface area contributed by atoms with E-state index in [0.29, 0.717) is 48.2 Å². The highest BCUT2D eigenvalue weighted by Crippen LogP contribution is 2.41. The quantitative estimate of drug-likeness (QED) is 0.436. The molecule has 1 fully saturated rings. The second-order valence-corrected chi connectivity index (χ2v) is 9.48. The second-order valence-electron chi connectivity index (χ2n) is 8.48. The Morgan fingerprint density at radius 2 is 2.06 bits per heavy atom. The van der Waals surface area contributed by atoms with E-state index in [1.807, 2.05) is 19.1 Å². The van der Waals surface area contributed by atoms with Crippen molar-refractivity contribution >= 4 is 32.7 Å². The maximum atomic E-state index is 12.0. The van der Waals surface area contributed by atoms with Crippen molar-refractivity contribution in [3.63, 3.8) is 0 Å². The lowest BCUT2D eigenvalue weighted by Crippen LogP contribution is -2.35. The van der Waals surface area contributed by atoms with Crippen molar-refractivity contribution in [2.45, 2.75) is 32.9 Å². The van der Waals surface area contributed by atoms with Gasteiger partial charge >= 0.3 is 6.03 Å². The van der Waals surface area contributed by atoms with E-state index in [1.54, 1.807) is 26.1 Å². The molecule has 2 amide bonds. The molecule has 2 aromatic heterocycles. The number of carbonyl (C=O) groups excluding carboxylic acids is 1. The number of ether oxygens (including phenoxy) is 1. The first-order valence-electron chi connectivity index (χ1n) is 11.0. The van der Waals surface area contributed by atoms with Crippen LogP contribution in [0, 0.1) is 0 Å². The number of aromatic nitrogens is 2. The first-order valence-corrected chi connectivity index (χ1v) is 11.8. The molecular formula is C23H29N5O4S. The van der Waals surface area contributed by atoms with Crippen molar-refractivity contribution in [3.8, 4) is 16.9 Å². The minimum Gasteiger partial charge on any atom is -0.507 e. The van der Waals surface area contributed by atoms with Crippen LogP contribution >= 0.6 is 11.3 Å². The molecule has 9 nitrogen and oxygen atoms in total. The Hall–Kier alpha value is -2.79. The van der Waals surface area contributed by atoms with Gasteiger partial charge in [0.2, 0.25) is 0 Å². The predicted molar refractivity (Wildman–Crippen MR) is 129 cm³/mol. The number of nitrogens with zero attached hydrogens (tertiary/aromatic N) is 3. The van der Waals surface area contributed by atoms with Crippen LogP contribution in [-0.4, -0.2) is 64.0 Å². The molecular weight excluding hydrogens is 442 g/mol. The third kappa shape index (κ3) is 5.25. The number of aromatic hydroxyl groups is 1.